The summed E-state index contributed by atoms with van der Waals surface area (Å²) in [6.45, 7) is 6.37. The van der Waals surface area contributed by atoms with Gasteiger partial charge in [0, 0.05) is 11.4 Å². The first-order valence-electron chi connectivity index (χ1n) is 8.05. The lowest BCUT2D eigenvalue weighted by molar-refractivity contribution is -0.123. The number of Topliss-reactive ketones (excluding diaryl/α,β-unsaturated/α-hetero) is 1. The second-order valence-corrected chi connectivity index (χ2v) is 7.10. The van der Waals surface area contributed by atoms with E-state index in [4.69, 9.17) is 4.74 Å². The van der Waals surface area contributed by atoms with Gasteiger partial charge in [0.25, 0.3) is 5.91 Å². The Labute approximate surface area is 146 Å². The molecule has 1 N–H and O–H groups in total. The molecule has 0 aliphatic heterocycles. The average Bonchev–Trinajstić information content (AvgIpc) is 3.02. The van der Waals surface area contributed by atoms with Gasteiger partial charge in [-0.2, -0.15) is 0 Å². The molecule has 0 aliphatic rings. The largest absolute Gasteiger partial charge is 0.484 e. The van der Waals surface area contributed by atoms with Crippen LogP contribution in [0.3, 0.4) is 0 Å². The molecule has 0 unspecified atom stereocenters. The second kappa shape index (κ2) is 8.64. The molecule has 0 fully saturated rings. The maximum Gasteiger partial charge on any atom is 0.257 e. The van der Waals surface area contributed by atoms with Gasteiger partial charge >= 0.3 is 0 Å². The maximum atomic E-state index is 11.8. The minimum atomic E-state index is -0.147. The van der Waals surface area contributed by atoms with Crippen LogP contribution in [-0.2, 0) is 11.2 Å². The van der Waals surface area contributed by atoms with E-state index in [-0.39, 0.29) is 18.3 Å². The van der Waals surface area contributed by atoms with Gasteiger partial charge in [0.2, 0.25) is 0 Å². The Morgan fingerprint density at radius 2 is 1.83 bits per heavy atom. The van der Waals surface area contributed by atoms with Gasteiger partial charge in [-0.3, -0.25) is 9.59 Å². The molecule has 0 bridgehead atoms. The number of carbonyl (C=O) groups excluding carboxylic acids is 2. The van der Waals surface area contributed by atoms with E-state index >= 15 is 0 Å². The van der Waals surface area contributed by atoms with E-state index < -0.39 is 0 Å². The topological polar surface area (TPSA) is 55.4 Å². The SMILES string of the molecule is CC(=O)c1ccc(CCNC(=O)COc2ccc(C(C)C)cc2)s1. The molecule has 5 heteroatoms. The first kappa shape index (κ1) is 18.2. The lowest BCUT2D eigenvalue weighted by Gasteiger charge is -2.09. The van der Waals surface area contributed by atoms with Crippen molar-refractivity contribution in [3.63, 3.8) is 0 Å². The number of hydrogen-bond acceptors (Lipinski definition) is 4. The number of amides is 1. The highest BCUT2D eigenvalue weighted by atomic mass is 32.1. The molecular weight excluding hydrogens is 322 g/mol. The van der Waals surface area contributed by atoms with E-state index in [0.29, 0.717) is 24.6 Å². The Kier molecular flexibility index (Phi) is 6.55. The highest BCUT2D eigenvalue weighted by molar-refractivity contribution is 7.14. The Morgan fingerprint density at radius 1 is 1.12 bits per heavy atom. The van der Waals surface area contributed by atoms with Gasteiger partial charge in [-0.1, -0.05) is 26.0 Å². The normalized spacial score (nSPS) is 10.7. The molecule has 1 heterocycles. The molecule has 1 aromatic heterocycles. The van der Waals surface area contributed by atoms with Crippen molar-refractivity contribution >= 4 is 23.0 Å². The van der Waals surface area contributed by atoms with Crippen LogP contribution in [0.5, 0.6) is 5.75 Å². The number of nitrogens with one attached hydrogen (secondary N) is 1. The number of hydrogen-bond donors (Lipinski definition) is 1. The van der Waals surface area contributed by atoms with Crippen molar-refractivity contribution in [1.29, 1.82) is 0 Å². The highest BCUT2D eigenvalue weighted by Gasteiger charge is 2.06. The number of thiophene rings is 1. The molecule has 4 nitrogen and oxygen atoms in total. The molecule has 1 amide bonds. The van der Waals surface area contributed by atoms with Crippen molar-refractivity contribution in [2.75, 3.05) is 13.2 Å². The fourth-order valence-corrected chi connectivity index (χ4v) is 3.08. The summed E-state index contributed by atoms with van der Waals surface area (Å²) >= 11 is 1.47. The van der Waals surface area contributed by atoms with Crippen molar-refractivity contribution in [3.8, 4) is 5.75 Å². The van der Waals surface area contributed by atoms with E-state index in [1.807, 2.05) is 36.4 Å². The monoisotopic (exact) mass is 345 g/mol. The number of ether oxygens (including phenoxy) is 1. The summed E-state index contributed by atoms with van der Waals surface area (Å²) in [5.74, 6) is 1.10. The molecule has 0 aliphatic carbocycles. The summed E-state index contributed by atoms with van der Waals surface area (Å²) in [5.41, 5.74) is 1.24. The molecule has 24 heavy (non-hydrogen) atoms. The van der Waals surface area contributed by atoms with Crippen LogP contribution in [0.25, 0.3) is 0 Å². The lowest BCUT2D eigenvalue weighted by atomic mass is 10.0. The van der Waals surface area contributed by atoms with Gasteiger partial charge in [0.05, 0.1) is 4.88 Å². The van der Waals surface area contributed by atoms with Crippen LogP contribution < -0.4 is 10.1 Å². The number of ketones is 1. The van der Waals surface area contributed by atoms with Crippen LogP contribution in [0, 0.1) is 0 Å². The summed E-state index contributed by atoms with van der Waals surface area (Å²) in [4.78, 5) is 24.9. The minimum Gasteiger partial charge on any atom is -0.484 e. The molecular formula is C19H23NO3S. The van der Waals surface area contributed by atoms with Gasteiger partial charge in [-0.25, -0.2) is 0 Å². The summed E-state index contributed by atoms with van der Waals surface area (Å²) in [5, 5.41) is 2.83. The summed E-state index contributed by atoms with van der Waals surface area (Å²) in [6, 6.07) is 11.6. The summed E-state index contributed by atoms with van der Waals surface area (Å²) in [7, 11) is 0. The first-order valence-corrected chi connectivity index (χ1v) is 8.86. The van der Waals surface area contributed by atoms with Gasteiger partial charge < -0.3 is 10.1 Å². The van der Waals surface area contributed by atoms with E-state index in [0.717, 1.165) is 9.75 Å². The van der Waals surface area contributed by atoms with Crippen molar-refractivity contribution in [3.05, 3.63) is 51.7 Å². The predicted octanol–water partition coefficient (Wildman–Crippen LogP) is 3.81. The Hall–Kier alpha value is -2.14. The van der Waals surface area contributed by atoms with E-state index in [2.05, 4.69) is 19.2 Å². The zero-order valence-electron chi connectivity index (χ0n) is 14.3. The van der Waals surface area contributed by atoms with E-state index in [1.54, 1.807) is 6.92 Å². The van der Waals surface area contributed by atoms with Gasteiger partial charge in [0.1, 0.15) is 5.75 Å². The van der Waals surface area contributed by atoms with Crippen molar-refractivity contribution in [2.24, 2.45) is 0 Å². The highest BCUT2D eigenvalue weighted by Crippen LogP contribution is 2.19. The van der Waals surface area contributed by atoms with Gasteiger partial charge in [-0.15, -0.1) is 11.3 Å². The molecule has 0 saturated heterocycles. The van der Waals surface area contributed by atoms with Crippen molar-refractivity contribution in [2.45, 2.75) is 33.1 Å². The van der Waals surface area contributed by atoms with Crippen LogP contribution in [0.1, 0.15) is 46.8 Å². The quantitative estimate of drug-likeness (QED) is 0.740. The lowest BCUT2D eigenvalue weighted by Crippen LogP contribution is -2.30. The van der Waals surface area contributed by atoms with Gasteiger partial charge in [-0.05, 0) is 49.1 Å². The Morgan fingerprint density at radius 3 is 2.42 bits per heavy atom. The number of carbonyl (C=O) groups is 2. The van der Waals surface area contributed by atoms with Gasteiger partial charge in [0.15, 0.2) is 12.4 Å². The first-order chi connectivity index (χ1) is 11.5. The predicted molar refractivity (Wildman–Crippen MR) is 97.1 cm³/mol. The third-order valence-corrected chi connectivity index (χ3v) is 4.86. The number of rotatable bonds is 8. The average molecular weight is 345 g/mol. The molecule has 1 aromatic carbocycles. The summed E-state index contributed by atoms with van der Waals surface area (Å²) < 4.78 is 5.49. The Bertz CT molecular complexity index is 689. The minimum absolute atomic E-state index is 0.00413. The number of benzene rings is 1. The second-order valence-electron chi connectivity index (χ2n) is 5.93. The molecule has 0 atom stereocenters. The third-order valence-electron chi connectivity index (χ3n) is 3.62. The van der Waals surface area contributed by atoms with Crippen LogP contribution in [0.2, 0.25) is 0 Å². The van der Waals surface area contributed by atoms with Crippen molar-refractivity contribution in [1.82, 2.24) is 5.32 Å². The molecule has 0 saturated carbocycles. The standard InChI is InChI=1S/C19H23NO3S/c1-13(2)15-4-6-16(7-5-15)23-12-19(22)20-11-10-17-8-9-18(24-17)14(3)21/h4-9,13H,10-12H2,1-3H3,(H,20,22). The fraction of sp³-hybridized carbons (Fsp3) is 0.368. The molecule has 2 aromatic rings. The Balaban J connectivity index is 1.70. The van der Waals surface area contributed by atoms with Crippen LogP contribution in [-0.4, -0.2) is 24.8 Å². The van der Waals surface area contributed by atoms with Crippen molar-refractivity contribution < 1.29 is 14.3 Å². The van der Waals surface area contributed by atoms with E-state index in [9.17, 15) is 9.59 Å². The maximum absolute atomic E-state index is 11.8. The van der Waals surface area contributed by atoms with E-state index in [1.165, 1.54) is 16.9 Å². The van der Waals surface area contributed by atoms with Crippen LogP contribution in [0.4, 0.5) is 0 Å². The fourth-order valence-electron chi connectivity index (χ4n) is 2.18. The molecule has 2 rings (SSSR count). The zero-order valence-corrected chi connectivity index (χ0v) is 15.1. The van der Waals surface area contributed by atoms with Crippen LogP contribution >= 0.6 is 11.3 Å². The molecule has 0 spiro atoms. The van der Waals surface area contributed by atoms with Crippen LogP contribution in [0.15, 0.2) is 36.4 Å². The molecule has 0 radical (unpaired) electrons. The smallest absolute Gasteiger partial charge is 0.257 e. The summed E-state index contributed by atoms with van der Waals surface area (Å²) in [6.07, 6.45) is 0.715. The zero-order chi connectivity index (χ0) is 17.5. The molecule has 128 valence electrons. The third kappa shape index (κ3) is 5.49.